The lowest BCUT2D eigenvalue weighted by molar-refractivity contribution is 0.102. The van der Waals surface area contributed by atoms with Gasteiger partial charge in [-0.05, 0) is 54.8 Å². The highest BCUT2D eigenvalue weighted by Crippen LogP contribution is 2.19. The molecule has 1 aliphatic rings. The highest BCUT2D eigenvalue weighted by Gasteiger charge is 2.24. The molecule has 1 N–H and O–H groups in total. The molecule has 0 saturated carbocycles. The maximum absolute atomic E-state index is 12.5. The first-order chi connectivity index (χ1) is 14.0. The van der Waals surface area contributed by atoms with E-state index in [1.165, 1.54) is 0 Å². The molecule has 6 nitrogen and oxygen atoms in total. The Balaban J connectivity index is 1.59. The van der Waals surface area contributed by atoms with Crippen LogP contribution in [0.4, 0.5) is 5.69 Å². The molecule has 7 heteroatoms. The van der Waals surface area contributed by atoms with Gasteiger partial charge in [0, 0.05) is 24.3 Å². The molecule has 0 spiro atoms. The fraction of sp³-hybridized carbons (Fsp3) is 0.318. The molecular formula is C22H26N2O4S. The van der Waals surface area contributed by atoms with Gasteiger partial charge in [0.05, 0.1) is 5.75 Å². The summed E-state index contributed by atoms with van der Waals surface area (Å²) in [4.78, 5) is 12.4. The summed E-state index contributed by atoms with van der Waals surface area (Å²) in [6.45, 7) is 5.21. The molecule has 0 aromatic heterocycles. The van der Waals surface area contributed by atoms with Crippen LogP contribution < -0.4 is 10.1 Å². The van der Waals surface area contributed by atoms with Crippen molar-refractivity contribution in [2.24, 2.45) is 0 Å². The Labute approximate surface area is 172 Å². The summed E-state index contributed by atoms with van der Waals surface area (Å²) in [5.41, 5.74) is 1.80. The van der Waals surface area contributed by atoms with Gasteiger partial charge >= 0.3 is 0 Å². The van der Waals surface area contributed by atoms with Crippen LogP contribution in [0.15, 0.2) is 61.2 Å². The molecule has 0 aliphatic carbocycles. The van der Waals surface area contributed by atoms with E-state index < -0.39 is 10.0 Å². The van der Waals surface area contributed by atoms with Crippen molar-refractivity contribution in [2.45, 2.75) is 25.0 Å². The van der Waals surface area contributed by atoms with E-state index in [4.69, 9.17) is 4.74 Å². The van der Waals surface area contributed by atoms with Crippen LogP contribution in [0.5, 0.6) is 5.75 Å². The maximum atomic E-state index is 12.5. The Morgan fingerprint density at radius 3 is 2.31 bits per heavy atom. The van der Waals surface area contributed by atoms with E-state index in [0.29, 0.717) is 42.3 Å². The van der Waals surface area contributed by atoms with Crippen LogP contribution in [0.25, 0.3) is 0 Å². The topological polar surface area (TPSA) is 75.7 Å². The van der Waals surface area contributed by atoms with Gasteiger partial charge in [-0.2, -0.15) is 0 Å². The van der Waals surface area contributed by atoms with E-state index in [9.17, 15) is 13.2 Å². The molecule has 1 saturated heterocycles. The molecule has 29 heavy (non-hydrogen) atoms. The van der Waals surface area contributed by atoms with Crippen molar-refractivity contribution in [2.75, 3.05) is 25.0 Å². The van der Waals surface area contributed by atoms with Gasteiger partial charge in [-0.25, -0.2) is 12.7 Å². The van der Waals surface area contributed by atoms with E-state index in [-0.39, 0.29) is 11.7 Å². The van der Waals surface area contributed by atoms with Gasteiger partial charge in [0.2, 0.25) is 10.0 Å². The zero-order chi connectivity index (χ0) is 20.7. The number of piperidine rings is 1. The minimum absolute atomic E-state index is 0.0406. The number of nitrogens with one attached hydrogen (secondary N) is 1. The minimum atomic E-state index is -3.31. The van der Waals surface area contributed by atoms with Gasteiger partial charge in [0.15, 0.2) is 0 Å². The second kappa shape index (κ2) is 9.71. The average Bonchev–Trinajstić information content (AvgIpc) is 2.74. The van der Waals surface area contributed by atoms with Crippen molar-refractivity contribution < 1.29 is 17.9 Å². The summed E-state index contributed by atoms with van der Waals surface area (Å²) in [5, 5.41) is 2.82. The Bertz CT molecular complexity index is 932. The monoisotopic (exact) mass is 414 g/mol. The number of benzene rings is 2. The lowest BCUT2D eigenvalue weighted by atomic mass is 10.1. The van der Waals surface area contributed by atoms with Crippen LogP contribution in [0.2, 0.25) is 0 Å². The van der Waals surface area contributed by atoms with Gasteiger partial charge in [-0.15, -0.1) is 0 Å². The molecule has 2 aromatic carbocycles. The maximum Gasteiger partial charge on any atom is 0.255 e. The summed E-state index contributed by atoms with van der Waals surface area (Å²) < 4.78 is 32.1. The molecule has 2 aromatic rings. The third-order valence-electron chi connectivity index (χ3n) is 4.75. The fourth-order valence-corrected chi connectivity index (χ4v) is 4.80. The standard InChI is InChI=1S/C22H26N2O4S/c1-2-16-28-21-12-10-20(11-13-21)23-22(25)19-8-6-18(7-9-19)17-29(26,27)24-14-4-3-5-15-24/h2,6-13H,1,3-5,14-17H2,(H,23,25). The van der Waals surface area contributed by atoms with Crippen molar-refractivity contribution >= 4 is 21.6 Å². The summed E-state index contributed by atoms with van der Waals surface area (Å²) in [6, 6.07) is 13.8. The number of hydrogen-bond donors (Lipinski definition) is 1. The van der Waals surface area contributed by atoms with E-state index >= 15 is 0 Å². The number of ether oxygens (including phenoxy) is 1. The van der Waals surface area contributed by atoms with Gasteiger partial charge in [0.1, 0.15) is 12.4 Å². The molecule has 1 aliphatic heterocycles. The Kier molecular flexibility index (Phi) is 7.06. The van der Waals surface area contributed by atoms with E-state index in [2.05, 4.69) is 11.9 Å². The number of sulfonamides is 1. The Hall–Kier alpha value is -2.64. The normalized spacial score (nSPS) is 14.9. The Morgan fingerprint density at radius 2 is 1.69 bits per heavy atom. The van der Waals surface area contributed by atoms with Gasteiger partial charge < -0.3 is 10.1 Å². The SMILES string of the molecule is C=CCOc1ccc(NC(=O)c2ccc(CS(=O)(=O)N3CCCCC3)cc2)cc1. The first-order valence-electron chi connectivity index (χ1n) is 9.70. The first kappa shape index (κ1) is 21.1. The van der Waals surface area contributed by atoms with E-state index in [1.54, 1.807) is 58.9 Å². The molecule has 0 radical (unpaired) electrons. The summed E-state index contributed by atoms with van der Waals surface area (Å²) in [6.07, 6.45) is 4.58. The Morgan fingerprint density at radius 1 is 1.03 bits per heavy atom. The zero-order valence-corrected chi connectivity index (χ0v) is 17.2. The summed E-state index contributed by atoms with van der Waals surface area (Å²) >= 11 is 0. The van der Waals surface area contributed by atoms with Crippen LogP contribution in [0.1, 0.15) is 35.2 Å². The molecular weight excluding hydrogens is 388 g/mol. The number of carbonyl (C=O) groups is 1. The first-order valence-corrected chi connectivity index (χ1v) is 11.3. The zero-order valence-electron chi connectivity index (χ0n) is 16.3. The number of anilines is 1. The molecule has 1 fully saturated rings. The third kappa shape index (κ3) is 5.92. The minimum Gasteiger partial charge on any atom is -0.490 e. The van der Waals surface area contributed by atoms with Crippen LogP contribution in [0.3, 0.4) is 0 Å². The van der Waals surface area contributed by atoms with Crippen LogP contribution in [-0.4, -0.2) is 38.3 Å². The van der Waals surface area contributed by atoms with Crippen molar-refractivity contribution in [3.8, 4) is 5.75 Å². The smallest absolute Gasteiger partial charge is 0.255 e. The van der Waals surface area contributed by atoms with E-state index in [0.717, 1.165) is 19.3 Å². The summed E-state index contributed by atoms with van der Waals surface area (Å²) in [5.74, 6) is 0.401. The van der Waals surface area contributed by atoms with E-state index in [1.807, 2.05) is 0 Å². The van der Waals surface area contributed by atoms with Crippen molar-refractivity contribution in [3.05, 3.63) is 72.3 Å². The molecule has 3 rings (SSSR count). The fourth-order valence-electron chi connectivity index (χ4n) is 3.19. The predicted molar refractivity (Wildman–Crippen MR) is 115 cm³/mol. The quantitative estimate of drug-likeness (QED) is 0.667. The number of nitrogens with zero attached hydrogens (tertiary/aromatic N) is 1. The number of hydrogen-bond acceptors (Lipinski definition) is 4. The number of amides is 1. The lowest BCUT2D eigenvalue weighted by Crippen LogP contribution is -2.36. The van der Waals surface area contributed by atoms with Gasteiger partial charge in [-0.3, -0.25) is 4.79 Å². The molecule has 1 heterocycles. The molecule has 0 atom stereocenters. The highest BCUT2D eigenvalue weighted by molar-refractivity contribution is 7.88. The molecule has 1 amide bonds. The lowest BCUT2D eigenvalue weighted by Gasteiger charge is -2.25. The number of carbonyl (C=O) groups excluding carboxylic acids is 1. The van der Waals surface area contributed by atoms with Crippen LogP contribution in [-0.2, 0) is 15.8 Å². The van der Waals surface area contributed by atoms with Gasteiger partial charge in [0.25, 0.3) is 5.91 Å². The third-order valence-corrected chi connectivity index (χ3v) is 6.60. The number of rotatable bonds is 8. The largest absolute Gasteiger partial charge is 0.490 e. The second-order valence-corrected chi connectivity index (χ2v) is 8.96. The van der Waals surface area contributed by atoms with Crippen LogP contribution in [0, 0.1) is 0 Å². The van der Waals surface area contributed by atoms with Crippen LogP contribution >= 0.6 is 0 Å². The highest BCUT2D eigenvalue weighted by atomic mass is 32.2. The van der Waals surface area contributed by atoms with Gasteiger partial charge in [-0.1, -0.05) is 31.2 Å². The second-order valence-electron chi connectivity index (χ2n) is 6.99. The summed E-state index contributed by atoms with van der Waals surface area (Å²) in [7, 11) is -3.31. The molecule has 0 bridgehead atoms. The average molecular weight is 415 g/mol. The van der Waals surface area contributed by atoms with Crippen molar-refractivity contribution in [1.82, 2.24) is 4.31 Å². The molecule has 154 valence electrons. The molecule has 0 unspecified atom stereocenters. The van der Waals surface area contributed by atoms with Crippen molar-refractivity contribution in [3.63, 3.8) is 0 Å². The predicted octanol–water partition coefficient (Wildman–Crippen LogP) is 3.82. The van der Waals surface area contributed by atoms with Crippen molar-refractivity contribution in [1.29, 1.82) is 0 Å².